The Morgan fingerprint density at radius 2 is 1.56 bits per heavy atom. The normalized spacial score (nSPS) is 24.5. The van der Waals surface area contributed by atoms with Crippen LogP contribution in [0.4, 0.5) is 10.1 Å². The average molecular weight is 466 g/mol. The highest BCUT2D eigenvalue weighted by atomic mass is 35.5. The van der Waals surface area contributed by atoms with Gasteiger partial charge in [-0.3, -0.25) is 19.4 Å². The van der Waals surface area contributed by atoms with Crippen LogP contribution < -0.4 is 9.64 Å². The van der Waals surface area contributed by atoms with E-state index in [2.05, 4.69) is 15.9 Å². The predicted octanol–water partition coefficient (Wildman–Crippen LogP) is 3.31. The molecule has 176 valence electrons. The fourth-order valence-electron chi connectivity index (χ4n) is 4.83. The first-order valence-electron chi connectivity index (χ1n) is 11.3. The van der Waals surface area contributed by atoms with Gasteiger partial charge in [0.05, 0.1) is 30.2 Å². The van der Waals surface area contributed by atoms with Gasteiger partial charge in [0.15, 0.2) is 0 Å². The molecule has 0 spiro atoms. The van der Waals surface area contributed by atoms with Gasteiger partial charge in [0.2, 0.25) is 11.8 Å². The van der Waals surface area contributed by atoms with E-state index in [1.54, 1.807) is 0 Å². The Morgan fingerprint density at radius 1 is 0.969 bits per heavy atom. The van der Waals surface area contributed by atoms with Crippen molar-refractivity contribution in [3.63, 3.8) is 0 Å². The molecule has 3 unspecified atom stereocenters. The average Bonchev–Trinajstić information content (AvgIpc) is 2.99. The zero-order valence-corrected chi connectivity index (χ0v) is 19.6. The molecule has 2 saturated heterocycles. The van der Waals surface area contributed by atoms with Crippen LogP contribution in [0.2, 0.25) is 0 Å². The van der Waals surface area contributed by atoms with E-state index >= 15 is 0 Å². The quantitative estimate of drug-likeness (QED) is 0.457. The number of fused-ring (bicyclic) bond motifs is 1. The lowest BCUT2D eigenvalue weighted by Gasteiger charge is -2.37. The number of anilines is 1. The fraction of sp³-hybridized carbons (Fsp3) is 0.583. The van der Waals surface area contributed by atoms with Gasteiger partial charge in [0.1, 0.15) is 11.9 Å². The van der Waals surface area contributed by atoms with Crippen molar-refractivity contribution in [3.05, 3.63) is 36.4 Å². The molecular weight excluding hydrogens is 433 g/mol. The number of allylic oxidation sites excluding steroid dienone is 2. The number of halogens is 2. The van der Waals surface area contributed by atoms with Crippen LogP contribution in [-0.2, 0) is 9.59 Å². The number of amides is 2. The highest BCUT2D eigenvalue weighted by Crippen LogP contribution is 2.35. The number of para-hydroxylation sites is 2. The third-order valence-electron chi connectivity index (χ3n) is 6.38. The molecule has 0 radical (unpaired) electrons. The van der Waals surface area contributed by atoms with E-state index in [1.807, 2.05) is 44.2 Å². The molecule has 32 heavy (non-hydrogen) atoms. The van der Waals surface area contributed by atoms with E-state index in [-0.39, 0.29) is 55.3 Å². The maximum atomic E-state index is 14.9. The van der Waals surface area contributed by atoms with Crippen molar-refractivity contribution in [1.82, 2.24) is 9.80 Å². The van der Waals surface area contributed by atoms with Gasteiger partial charge in [0.25, 0.3) is 0 Å². The van der Waals surface area contributed by atoms with Crippen LogP contribution in [0.5, 0.6) is 5.75 Å². The zero-order chi connectivity index (χ0) is 22.0. The molecule has 0 bridgehead atoms. The van der Waals surface area contributed by atoms with Gasteiger partial charge < -0.3 is 9.64 Å². The minimum atomic E-state index is -1.23. The minimum absolute atomic E-state index is 0. The van der Waals surface area contributed by atoms with Crippen LogP contribution in [0.25, 0.3) is 0 Å². The maximum absolute atomic E-state index is 14.9. The van der Waals surface area contributed by atoms with Crippen molar-refractivity contribution < 1.29 is 18.7 Å². The number of hydrogen-bond donors (Lipinski definition) is 0. The largest absolute Gasteiger partial charge is 0.489 e. The molecule has 2 aliphatic heterocycles. The minimum Gasteiger partial charge on any atom is -0.489 e. The summed E-state index contributed by atoms with van der Waals surface area (Å²) in [4.78, 5) is 30.6. The van der Waals surface area contributed by atoms with E-state index in [4.69, 9.17) is 4.74 Å². The van der Waals surface area contributed by atoms with Gasteiger partial charge in [-0.05, 0) is 38.8 Å². The lowest BCUT2D eigenvalue weighted by atomic mass is 9.85. The van der Waals surface area contributed by atoms with E-state index in [1.165, 1.54) is 4.90 Å². The third-order valence-corrected chi connectivity index (χ3v) is 6.38. The Balaban J connectivity index is 0.00000289. The lowest BCUT2D eigenvalue weighted by molar-refractivity contribution is -0.141. The molecule has 1 aliphatic carbocycles. The number of imide groups is 1. The third kappa shape index (κ3) is 5.26. The summed E-state index contributed by atoms with van der Waals surface area (Å²) in [5.74, 6) is -0.110. The summed E-state index contributed by atoms with van der Waals surface area (Å²) in [6.45, 7) is 7.15. The van der Waals surface area contributed by atoms with E-state index in [0.717, 1.165) is 37.6 Å². The molecular formula is C24H33ClFN3O3. The number of alkyl halides is 1. The summed E-state index contributed by atoms with van der Waals surface area (Å²) in [5, 5.41) is 0. The van der Waals surface area contributed by atoms with Crippen LogP contribution >= 0.6 is 12.4 Å². The molecule has 3 atom stereocenters. The van der Waals surface area contributed by atoms with Crippen molar-refractivity contribution in [2.75, 3.05) is 44.2 Å². The second-order valence-corrected chi connectivity index (χ2v) is 8.96. The first-order chi connectivity index (χ1) is 14.9. The van der Waals surface area contributed by atoms with Crippen LogP contribution in [-0.4, -0.2) is 73.2 Å². The SMILES string of the molecule is CC(C)Oc1ccccc1N1CCN(CC(F)CN2C(=O)C3CC=CCC3C2=O)CC1.Cl. The molecule has 2 amide bonds. The van der Waals surface area contributed by atoms with Crippen molar-refractivity contribution >= 4 is 29.9 Å². The van der Waals surface area contributed by atoms with E-state index < -0.39 is 6.17 Å². The summed E-state index contributed by atoms with van der Waals surface area (Å²) in [7, 11) is 0. The molecule has 0 N–H and O–H groups in total. The van der Waals surface area contributed by atoms with Crippen LogP contribution in [0.1, 0.15) is 26.7 Å². The standard InChI is InChI=1S/C24H32FN3O3.ClH/c1-17(2)31-22-10-6-5-9-21(22)27-13-11-26(12-14-27)15-18(25)16-28-23(29)19-7-3-4-8-20(19)24(28)30;/h3-6,9-10,17-20H,7-8,11-16H2,1-2H3;1H. The second kappa shape index (κ2) is 10.7. The van der Waals surface area contributed by atoms with Gasteiger partial charge in [-0.1, -0.05) is 24.3 Å². The molecule has 2 fully saturated rings. The Bertz CT molecular complexity index is 816. The number of hydrogen-bond acceptors (Lipinski definition) is 5. The number of carbonyl (C=O) groups is 2. The number of likely N-dealkylation sites (tertiary alicyclic amines) is 1. The molecule has 1 aromatic carbocycles. The number of carbonyl (C=O) groups excluding carboxylic acids is 2. The molecule has 0 aromatic heterocycles. The van der Waals surface area contributed by atoms with Crippen molar-refractivity contribution in [3.8, 4) is 5.75 Å². The second-order valence-electron chi connectivity index (χ2n) is 8.96. The maximum Gasteiger partial charge on any atom is 0.233 e. The number of nitrogens with zero attached hydrogens (tertiary/aromatic N) is 3. The number of rotatable bonds is 7. The van der Waals surface area contributed by atoms with Gasteiger partial charge >= 0.3 is 0 Å². The number of ether oxygens (including phenoxy) is 1. The molecule has 1 aromatic rings. The number of piperazine rings is 1. The first kappa shape index (κ1) is 24.5. The van der Waals surface area contributed by atoms with Gasteiger partial charge in [0, 0.05) is 32.7 Å². The molecule has 2 heterocycles. The molecule has 6 nitrogen and oxygen atoms in total. The Labute approximate surface area is 195 Å². The molecule has 8 heteroatoms. The monoisotopic (exact) mass is 465 g/mol. The van der Waals surface area contributed by atoms with Gasteiger partial charge in [-0.25, -0.2) is 4.39 Å². The van der Waals surface area contributed by atoms with Crippen LogP contribution in [0.3, 0.4) is 0 Å². The number of benzene rings is 1. The summed E-state index contributed by atoms with van der Waals surface area (Å²) in [6, 6.07) is 8.02. The highest BCUT2D eigenvalue weighted by Gasteiger charge is 2.47. The van der Waals surface area contributed by atoms with Gasteiger partial charge in [-0.15, -0.1) is 12.4 Å². The predicted molar refractivity (Wildman–Crippen MR) is 125 cm³/mol. The molecule has 4 rings (SSSR count). The Hall–Kier alpha value is -2.12. The molecule has 0 saturated carbocycles. The van der Waals surface area contributed by atoms with Crippen molar-refractivity contribution in [2.45, 2.75) is 39.0 Å². The van der Waals surface area contributed by atoms with Crippen molar-refractivity contribution in [2.24, 2.45) is 11.8 Å². The Kier molecular flexibility index (Phi) is 8.17. The van der Waals surface area contributed by atoms with Crippen molar-refractivity contribution in [1.29, 1.82) is 0 Å². The topological polar surface area (TPSA) is 53.1 Å². The smallest absolute Gasteiger partial charge is 0.233 e. The lowest BCUT2D eigenvalue weighted by Crippen LogP contribution is -2.49. The highest BCUT2D eigenvalue weighted by molar-refractivity contribution is 6.05. The summed E-state index contributed by atoms with van der Waals surface area (Å²) >= 11 is 0. The molecule has 3 aliphatic rings. The summed E-state index contributed by atoms with van der Waals surface area (Å²) < 4.78 is 20.8. The Morgan fingerprint density at radius 3 is 2.16 bits per heavy atom. The summed E-state index contributed by atoms with van der Waals surface area (Å²) in [6.07, 6.45) is 3.95. The fourth-order valence-corrected chi connectivity index (χ4v) is 4.83. The first-order valence-corrected chi connectivity index (χ1v) is 11.3. The van der Waals surface area contributed by atoms with Gasteiger partial charge in [-0.2, -0.15) is 0 Å². The van der Waals surface area contributed by atoms with Crippen LogP contribution in [0, 0.1) is 11.8 Å². The summed E-state index contributed by atoms with van der Waals surface area (Å²) in [5.41, 5.74) is 1.07. The van der Waals surface area contributed by atoms with E-state index in [9.17, 15) is 14.0 Å². The zero-order valence-electron chi connectivity index (χ0n) is 18.8. The van der Waals surface area contributed by atoms with E-state index in [0.29, 0.717) is 12.8 Å². The van der Waals surface area contributed by atoms with Crippen LogP contribution in [0.15, 0.2) is 36.4 Å².